The minimum Gasteiger partial charge on any atom is -0.469 e. The van der Waals surface area contributed by atoms with E-state index in [0.717, 1.165) is 53.5 Å². The molecule has 222 valence electrons. The summed E-state index contributed by atoms with van der Waals surface area (Å²) in [5.74, 6) is -0.811. The Kier molecular flexibility index (Phi) is 12.8. The molecule has 2 amide bonds. The maximum Gasteiger partial charge on any atom is 0.410 e. The van der Waals surface area contributed by atoms with Crippen LogP contribution in [-0.4, -0.2) is 48.7 Å². The van der Waals surface area contributed by atoms with Gasteiger partial charge in [0.25, 0.3) is 0 Å². The standard InChI is InChI=1S/C34H46N2O5/c1-9-11-12-13-14-21-29(36(7)33(39)41-34(4,5)6)32(38)35-28(23-30(37)40-8)26-19-16-20-27(22-26)31-24(3)17-15-18-25(31)10-2/h9-10,15-20,22,28-29H,1-2,11-14,21,23H2,3-8H3,(H,35,38)/t28-,29-/m0/s1. The van der Waals surface area contributed by atoms with Gasteiger partial charge in [-0.15, -0.1) is 6.58 Å². The quantitative estimate of drug-likeness (QED) is 0.147. The lowest BCUT2D eigenvalue weighted by Gasteiger charge is -2.31. The number of hydrogen-bond acceptors (Lipinski definition) is 5. The number of hydrogen-bond donors (Lipinski definition) is 1. The van der Waals surface area contributed by atoms with Crippen LogP contribution < -0.4 is 5.32 Å². The van der Waals surface area contributed by atoms with E-state index in [9.17, 15) is 14.4 Å². The third kappa shape index (κ3) is 10.2. The van der Waals surface area contributed by atoms with Crippen LogP contribution in [0.3, 0.4) is 0 Å². The van der Waals surface area contributed by atoms with E-state index in [-0.39, 0.29) is 12.3 Å². The minimum atomic E-state index is -0.777. The Hall–Kier alpha value is -3.87. The van der Waals surface area contributed by atoms with Crippen molar-refractivity contribution in [3.05, 3.63) is 78.4 Å². The van der Waals surface area contributed by atoms with Crippen LogP contribution in [0.1, 0.15) is 82.0 Å². The first-order valence-electron chi connectivity index (χ1n) is 14.2. The number of esters is 1. The molecule has 0 aliphatic carbocycles. The fourth-order valence-electron chi connectivity index (χ4n) is 4.70. The molecule has 7 heteroatoms. The Morgan fingerprint density at radius 3 is 2.39 bits per heavy atom. The van der Waals surface area contributed by atoms with Crippen molar-refractivity contribution in [2.75, 3.05) is 14.2 Å². The summed E-state index contributed by atoms with van der Waals surface area (Å²) >= 11 is 0. The van der Waals surface area contributed by atoms with Crippen molar-refractivity contribution >= 4 is 24.0 Å². The number of carbonyl (C=O) groups is 3. The Bertz CT molecular complexity index is 1210. The van der Waals surface area contributed by atoms with Gasteiger partial charge in [-0.3, -0.25) is 14.5 Å². The summed E-state index contributed by atoms with van der Waals surface area (Å²) in [6, 6.07) is 12.3. The molecule has 0 saturated carbocycles. The molecular weight excluding hydrogens is 516 g/mol. The minimum absolute atomic E-state index is 0.0595. The molecule has 0 radical (unpaired) electrons. The number of carbonyl (C=O) groups excluding carboxylic acids is 3. The summed E-state index contributed by atoms with van der Waals surface area (Å²) in [6.45, 7) is 15.1. The summed E-state index contributed by atoms with van der Waals surface area (Å²) in [4.78, 5) is 40.5. The summed E-state index contributed by atoms with van der Waals surface area (Å²) in [5, 5.41) is 3.05. The maximum absolute atomic E-state index is 13.8. The number of amides is 2. The van der Waals surface area contributed by atoms with Gasteiger partial charge in [-0.2, -0.15) is 0 Å². The lowest BCUT2D eigenvalue weighted by atomic mass is 9.92. The number of aryl methyl sites for hydroxylation is 1. The zero-order valence-electron chi connectivity index (χ0n) is 25.5. The Morgan fingerprint density at radius 1 is 1.05 bits per heavy atom. The predicted octanol–water partition coefficient (Wildman–Crippen LogP) is 7.40. The van der Waals surface area contributed by atoms with Gasteiger partial charge in [-0.25, -0.2) is 4.79 Å². The molecule has 0 aliphatic rings. The lowest BCUT2D eigenvalue weighted by Crippen LogP contribution is -2.50. The number of allylic oxidation sites excluding steroid dienone is 1. The first kappa shape index (κ1) is 33.3. The Labute approximate surface area is 245 Å². The summed E-state index contributed by atoms with van der Waals surface area (Å²) in [7, 11) is 2.90. The van der Waals surface area contributed by atoms with Crippen LogP contribution in [0.15, 0.2) is 61.7 Å². The lowest BCUT2D eigenvalue weighted by molar-refractivity contribution is -0.141. The predicted molar refractivity (Wildman–Crippen MR) is 165 cm³/mol. The van der Waals surface area contributed by atoms with E-state index in [1.54, 1.807) is 27.8 Å². The van der Waals surface area contributed by atoms with Crippen LogP contribution in [0.2, 0.25) is 0 Å². The van der Waals surface area contributed by atoms with Crippen molar-refractivity contribution in [3.63, 3.8) is 0 Å². The average molecular weight is 563 g/mol. The number of unbranched alkanes of at least 4 members (excludes halogenated alkanes) is 3. The first-order valence-corrected chi connectivity index (χ1v) is 14.2. The Morgan fingerprint density at radius 2 is 1.76 bits per heavy atom. The number of nitrogens with zero attached hydrogens (tertiary/aromatic N) is 1. The van der Waals surface area contributed by atoms with Crippen LogP contribution in [-0.2, 0) is 19.1 Å². The molecule has 0 aliphatic heterocycles. The number of benzene rings is 2. The van der Waals surface area contributed by atoms with E-state index in [0.29, 0.717) is 6.42 Å². The normalized spacial score (nSPS) is 12.5. The molecule has 2 aromatic carbocycles. The van der Waals surface area contributed by atoms with Crippen LogP contribution in [0.5, 0.6) is 0 Å². The molecule has 1 N–H and O–H groups in total. The third-order valence-corrected chi connectivity index (χ3v) is 6.86. The van der Waals surface area contributed by atoms with Gasteiger partial charge in [0.15, 0.2) is 0 Å². The molecule has 2 aromatic rings. The first-order chi connectivity index (χ1) is 19.4. The van der Waals surface area contributed by atoms with E-state index in [2.05, 4.69) is 18.5 Å². The molecule has 0 unspecified atom stereocenters. The Balaban J connectivity index is 2.41. The smallest absolute Gasteiger partial charge is 0.410 e. The molecule has 0 heterocycles. The van der Waals surface area contributed by atoms with E-state index in [1.807, 2.05) is 61.5 Å². The molecule has 0 fully saturated rings. The number of rotatable bonds is 14. The summed E-state index contributed by atoms with van der Waals surface area (Å²) in [5.41, 5.74) is 4.11. The van der Waals surface area contributed by atoms with Gasteiger partial charge in [0.1, 0.15) is 11.6 Å². The van der Waals surface area contributed by atoms with E-state index >= 15 is 0 Å². The number of nitrogens with one attached hydrogen (secondary N) is 1. The molecule has 2 rings (SSSR count). The molecule has 0 spiro atoms. The monoisotopic (exact) mass is 562 g/mol. The zero-order chi connectivity index (χ0) is 30.6. The topological polar surface area (TPSA) is 84.9 Å². The van der Waals surface area contributed by atoms with Crippen LogP contribution in [0.4, 0.5) is 4.79 Å². The van der Waals surface area contributed by atoms with Crippen molar-refractivity contribution in [3.8, 4) is 11.1 Å². The zero-order valence-corrected chi connectivity index (χ0v) is 25.5. The van der Waals surface area contributed by atoms with Crippen molar-refractivity contribution in [2.24, 2.45) is 0 Å². The second-order valence-corrected chi connectivity index (χ2v) is 11.2. The van der Waals surface area contributed by atoms with Crippen molar-refractivity contribution < 1.29 is 23.9 Å². The van der Waals surface area contributed by atoms with E-state index in [4.69, 9.17) is 9.47 Å². The summed E-state index contributed by atoms with van der Waals surface area (Å²) < 4.78 is 10.5. The molecule has 41 heavy (non-hydrogen) atoms. The van der Waals surface area contributed by atoms with Crippen LogP contribution in [0.25, 0.3) is 17.2 Å². The van der Waals surface area contributed by atoms with Crippen LogP contribution >= 0.6 is 0 Å². The number of ether oxygens (including phenoxy) is 2. The average Bonchev–Trinajstić information content (AvgIpc) is 2.93. The molecular formula is C34H46N2O5. The van der Waals surface area contributed by atoms with E-state index in [1.165, 1.54) is 12.0 Å². The van der Waals surface area contributed by atoms with E-state index < -0.39 is 29.7 Å². The van der Waals surface area contributed by atoms with Crippen molar-refractivity contribution in [1.29, 1.82) is 0 Å². The molecule has 0 aromatic heterocycles. The third-order valence-electron chi connectivity index (χ3n) is 6.86. The van der Waals surface area contributed by atoms with Gasteiger partial charge in [-0.05, 0) is 80.8 Å². The fraction of sp³-hybridized carbons (Fsp3) is 0.441. The highest BCUT2D eigenvalue weighted by Crippen LogP contribution is 2.31. The molecule has 0 saturated heterocycles. The maximum atomic E-state index is 13.8. The van der Waals surface area contributed by atoms with Gasteiger partial charge in [0, 0.05) is 7.05 Å². The SMILES string of the molecule is C=CCCCCC[C@@H](C(=O)N[C@@H](CC(=O)OC)c1cccc(-c2c(C)cccc2C=C)c1)N(C)C(=O)OC(C)(C)C. The van der Waals surface area contributed by atoms with Gasteiger partial charge in [0.2, 0.25) is 5.91 Å². The van der Waals surface area contributed by atoms with Gasteiger partial charge < -0.3 is 14.8 Å². The highest BCUT2D eigenvalue weighted by molar-refractivity contribution is 5.86. The molecule has 0 bridgehead atoms. The van der Waals surface area contributed by atoms with Gasteiger partial charge in [-0.1, -0.05) is 68.0 Å². The largest absolute Gasteiger partial charge is 0.469 e. The number of likely N-dealkylation sites (N-methyl/N-ethyl adjacent to an activating group) is 1. The van der Waals surface area contributed by atoms with Crippen LogP contribution in [0, 0.1) is 6.92 Å². The fourth-order valence-corrected chi connectivity index (χ4v) is 4.70. The molecule has 2 atom stereocenters. The van der Waals surface area contributed by atoms with Crippen molar-refractivity contribution in [2.45, 2.75) is 83.9 Å². The number of methoxy groups -OCH3 is 1. The molecule has 7 nitrogen and oxygen atoms in total. The highest BCUT2D eigenvalue weighted by atomic mass is 16.6. The van der Waals surface area contributed by atoms with Gasteiger partial charge >= 0.3 is 12.1 Å². The summed E-state index contributed by atoms with van der Waals surface area (Å²) in [6.07, 6.45) is 6.99. The van der Waals surface area contributed by atoms with Gasteiger partial charge in [0.05, 0.1) is 19.6 Å². The highest BCUT2D eigenvalue weighted by Gasteiger charge is 2.32. The second kappa shape index (κ2) is 15.8. The van der Waals surface area contributed by atoms with Crippen molar-refractivity contribution in [1.82, 2.24) is 10.2 Å². The second-order valence-electron chi connectivity index (χ2n) is 11.2.